The first-order chi connectivity index (χ1) is 12.5. The van der Waals surface area contributed by atoms with Crippen molar-refractivity contribution < 1.29 is 14.3 Å². The molecule has 0 fully saturated rings. The Bertz CT molecular complexity index is 968. The van der Waals surface area contributed by atoms with Gasteiger partial charge in [0, 0.05) is 30.7 Å². The van der Waals surface area contributed by atoms with Gasteiger partial charge in [0.05, 0.1) is 12.6 Å². The number of carbonyl (C=O) groups excluding carboxylic acids is 2. The molecule has 0 aliphatic heterocycles. The molecule has 0 aliphatic rings. The molecule has 3 rings (SSSR count). The van der Waals surface area contributed by atoms with E-state index in [0.29, 0.717) is 11.4 Å². The Labute approximate surface area is 151 Å². The number of anilines is 2. The number of carbonyl (C=O) groups is 2. The third-order valence-electron chi connectivity index (χ3n) is 4.11. The number of nitrogens with one attached hydrogen (secondary N) is 1. The normalized spacial score (nSPS) is 10.4. The van der Waals surface area contributed by atoms with Crippen LogP contribution in [0.15, 0.2) is 54.6 Å². The van der Waals surface area contributed by atoms with Gasteiger partial charge in [-0.1, -0.05) is 6.07 Å². The minimum absolute atomic E-state index is 0.0567. The molecule has 1 heterocycles. The molecular formula is C20H19N3O3. The summed E-state index contributed by atoms with van der Waals surface area (Å²) in [5, 5.41) is 3.71. The molecule has 0 spiro atoms. The number of nitrogens with zero attached hydrogens (tertiary/aromatic N) is 2. The fourth-order valence-corrected chi connectivity index (χ4v) is 2.50. The van der Waals surface area contributed by atoms with Crippen molar-refractivity contribution >= 4 is 34.1 Å². The van der Waals surface area contributed by atoms with Crippen molar-refractivity contribution in [2.45, 2.75) is 6.92 Å². The van der Waals surface area contributed by atoms with E-state index in [1.807, 2.05) is 18.2 Å². The minimum Gasteiger partial charge on any atom is -0.497 e. The molecule has 132 valence electrons. The number of hydrogen-bond donors (Lipinski definition) is 1. The van der Waals surface area contributed by atoms with Crippen molar-refractivity contribution in [2.75, 3.05) is 24.4 Å². The number of hydrogen-bond acceptors (Lipinski definition) is 4. The number of ether oxygens (including phenoxy) is 1. The van der Waals surface area contributed by atoms with Gasteiger partial charge < -0.3 is 15.0 Å². The van der Waals surface area contributed by atoms with E-state index in [2.05, 4.69) is 10.3 Å². The largest absolute Gasteiger partial charge is 0.497 e. The summed E-state index contributed by atoms with van der Waals surface area (Å²) in [5.41, 5.74) is 2.44. The molecule has 0 saturated heterocycles. The number of amides is 2. The van der Waals surface area contributed by atoms with Crippen molar-refractivity contribution in [3.05, 3.63) is 60.3 Å². The molecule has 2 amide bonds. The number of methoxy groups -OCH3 is 1. The molecule has 2 aromatic carbocycles. The molecule has 6 nitrogen and oxygen atoms in total. The minimum atomic E-state index is -0.296. The van der Waals surface area contributed by atoms with E-state index in [4.69, 9.17) is 4.74 Å². The molecule has 0 saturated carbocycles. The Morgan fingerprint density at radius 1 is 1.04 bits per heavy atom. The second-order valence-corrected chi connectivity index (χ2v) is 5.83. The molecule has 26 heavy (non-hydrogen) atoms. The van der Waals surface area contributed by atoms with Gasteiger partial charge in [-0.2, -0.15) is 0 Å². The summed E-state index contributed by atoms with van der Waals surface area (Å²) >= 11 is 0. The van der Waals surface area contributed by atoms with Crippen LogP contribution in [0.1, 0.15) is 17.4 Å². The van der Waals surface area contributed by atoms with E-state index < -0.39 is 0 Å². The second-order valence-electron chi connectivity index (χ2n) is 5.83. The van der Waals surface area contributed by atoms with Crippen LogP contribution >= 0.6 is 0 Å². The van der Waals surface area contributed by atoms with Crippen LogP contribution in [0.25, 0.3) is 10.9 Å². The van der Waals surface area contributed by atoms with Gasteiger partial charge in [-0.25, -0.2) is 4.98 Å². The van der Waals surface area contributed by atoms with Crippen molar-refractivity contribution in [3.8, 4) is 5.75 Å². The summed E-state index contributed by atoms with van der Waals surface area (Å²) in [4.78, 5) is 29.8. The van der Waals surface area contributed by atoms with Crippen molar-refractivity contribution in [2.24, 2.45) is 0 Å². The lowest BCUT2D eigenvalue weighted by molar-refractivity contribution is -0.116. The molecule has 1 aromatic heterocycles. The molecule has 6 heteroatoms. The lowest BCUT2D eigenvalue weighted by atomic mass is 10.2. The Kier molecular flexibility index (Phi) is 4.84. The number of aromatic nitrogens is 1. The summed E-state index contributed by atoms with van der Waals surface area (Å²) in [5.74, 6) is 0.390. The topological polar surface area (TPSA) is 71.5 Å². The van der Waals surface area contributed by atoms with Crippen LogP contribution in [0.3, 0.4) is 0 Å². The summed E-state index contributed by atoms with van der Waals surface area (Å²) in [6, 6.07) is 16.1. The molecule has 0 radical (unpaired) electrons. The smallest absolute Gasteiger partial charge is 0.274 e. The highest BCUT2D eigenvalue weighted by molar-refractivity contribution is 6.04. The van der Waals surface area contributed by atoms with Crippen LogP contribution in [0.4, 0.5) is 11.4 Å². The first-order valence-corrected chi connectivity index (χ1v) is 8.08. The van der Waals surface area contributed by atoms with Crippen molar-refractivity contribution in [1.82, 2.24) is 4.98 Å². The van der Waals surface area contributed by atoms with Crippen LogP contribution in [0, 0.1) is 0 Å². The third-order valence-corrected chi connectivity index (χ3v) is 4.11. The van der Waals surface area contributed by atoms with Gasteiger partial charge >= 0.3 is 0 Å². The number of benzene rings is 2. The van der Waals surface area contributed by atoms with E-state index in [1.54, 1.807) is 50.6 Å². The second kappa shape index (κ2) is 7.23. The first kappa shape index (κ1) is 17.4. The summed E-state index contributed by atoms with van der Waals surface area (Å²) in [6.07, 6.45) is 0. The maximum absolute atomic E-state index is 12.4. The zero-order chi connectivity index (χ0) is 18.7. The molecule has 1 N–H and O–H groups in total. The van der Waals surface area contributed by atoms with E-state index >= 15 is 0 Å². The third kappa shape index (κ3) is 3.64. The van der Waals surface area contributed by atoms with E-state index in [-0.39, 0.29) is 11.8 Å². The first-order valence-electron chi connectivity index (χ1n) is 8.08. The summed E-state index contributed by atoms with van der Waals surface area (Å²) in [7, 11) is 3.31. The predicted octanol–water partition coefficient (Wildman–Crippen LogP) is 3.48. The van der Waals surface area contributed by atoms with Gasteiger partial charge in [-0.15, -0.1) is 0 Å². The quantitative estimate of drug-likeness (QED) is 0.783. The Morgan fingerprint density at radius 3 is 2.42 bits per heavy atom. The summed E-state index contributed by atoms with van der Waals surface area (Å²) < 4.78 is 5.19. The monoisotopic (exact) mass is 349 g/mol. The molecule has 0 atom stereocenters. The van der Waals surface area contributed by atoms with Crippen LogP contribution in [0.2, 0.25) is 0 Å². The van der Waals surface area contributed by atoms with Crippen LogP contribution < -0.4 is 15.0 Å². The van der Waals surface area contributed by atoms with Crippen LogP contribution in [-0.2, 0) is 4.79 Å². The van der Waals surface area contributed by atoms with E-state index in [9.17, 15) is 9.59 Å². The number of pyridine rings is 1. The van der Waals surface area contributed by atoms with Gasteiger partial charge in [-0.05, 0) is 48.5 Å². The fourth-order valence-electron chi connectivity index (χ4n) is 2.50. The average molecular weight is 349 g/mol. The van der Waals surface area contributed by atoms with Gasteiger partial charge in [0.2, 0.25) is 5.91 Å². The summed E-state index contributed by atoms with van der Waals surface area (Å²) in [6.45, 7) is 1.50. The standard InChI is InChI=1S/C20H19N3O3/c1-13(24)23(2)16-7-5-15(6-8-16)21-20(25)19-10-4-14-12-17(26-3)9-11-18(14)22-19/h4-12H,1-3H3,(H,21,25). The SMILES string of the molecule is COc1ccc2nc(C(=O)Nc3ccc(N(C)C(C)=O)cc3)ccc2c1. The molecule has 0 aliphatic carbocycles. The molecule has 3 aromatic rings. The maximum Gasteiger partial charge on any atom is 0.274 e. The molecule has 0 unspecified atom stereocenters. The highest BCUT2D eigenvalue weighted by Gasteiger charge is 2.10. The van der Waals surface area contributed by atoms with Gasteiger partial charge in [0.25, 0.3) is 5.91 Å². The Morgan fingerprint density at radius 2 is 1.77 bits per heavy atom. The lowest BCUT2D eigenvalue weighted by Gasteiger charge is -2.15. The zero-order valence-electron chi connectivity index (χ0n) is 14.8. The van der Waals surface area contributed by atoms with Gasteiger partial charge in [-0.3, -0.25) is 9.59 Å². The molecule has 0 bridgehead atoms. The highest BCUT2D eigenvalue weighted by atomic mass is 16.5. The number of fused-ring (bicyclic) bond motifs is 1. The van der Waals surface area contributed by atoms with E-state index in [0.717, 1.165) is 22.3 Å². The number of rotatable bonds is 4. The molecular weight excluding hydrogens is 330 g/mol. The zero-order valence-corrected chi connectivity index (χ0v) is 14.8. The lowest BCUT2D eigenvalue weighted by Crippen LogP contribution is -2.22. The Hall–Kier alpha value is -3.41. The Balaban J connectivity index is 1.77. The fraction of sp³-hybridized carbons (Fsp3) is 0.150. The van der Waals surface area contributed by atoms with Crippen molar-refractivity contribution in [1.29, 1.82) is 0 Å². The highest BCUT2D eigenvalue weighted by Crippen LogP contribution is 2.21. The van der Waals surface area contributed by atoms with Gasteiger partial charge in [0.15, 0.2) is 0 Å². The van der Waals surface area contributed by atoms with E-state index in [1.165, 1.54) is 11.8 Å². The van der Waals surface area contributed by atoms with Gasteiger partial charge in [0.1, 0.15) is 11.4 Å². The average Bonchev–Trinajstić information content (AvgIpc) is 2.67. The predicted molar refractivity (Wildman–Crippen MR) is 102 cm³/mol. The van der Waals surface area contributed by atoms with Crippen LogP contribution in [-0.4, -0.2) is 31.0 Å². The van der Waals surface area contributed by atoms with Crippen molar-refractivity contribution in [3.63, 3.8) is 0 Å². The maximum atomic E-state index is 12.4. The van der Waals surface area contributed by atoms with Crippen LogP contribution in [0.5, 0.6) is 5.75 Å².